The van der Waals surface area contributed by atoms with Crippen molar-refractivity contribution in [2.24, 2.45) is 0 Å². The Labute approximate surface area is 140 Å². The number of nitro benzene ring substituents is 1. The number of alkyl halides is 3. The largest absolute Gasteiger partial charge is 0.416 e. The van der Waals surface area contributed by atoms with Gasteiger partial charge in [-0.2, -0.15) is 13.2 Å². The van der Waals surface area contributed by atoms with E-state index in [0.717, 1.165) is 17.5 Å². The molecule has 3 aromatic rings. The van der Waals surface area contributed by atoms with E-state index in [1.165, 1.54) is 0 Å². The lowest BCUT2D eigenvalue weighted by molar-refractivity contribution is -0.385. The van der Waals surface area contributed by atoms with Gasteiger partial charge in [0, 0.05) is 29.6 Å². The Kier molecular flexibility index (Phi) is 4.12. The van der Waals surface area contributed by atoms with Gasteiger partial charge < -0.3 is 0 Å². The fourth-order valence-corrected chi connectivity index (χ4v) is 2.50. The molecular formula is C17H12F3N3O2. The van der Waals surface area contributed by atoms with E-state index in [9.17, 15) is 23.3 Å². The van der Waals surface area contributed by atoms with Gasteiger partial charge in [-0.05, 0) is 17.7 Å². The number of nitrogens with zero attached hydrogens (tertiary/aromatic N) is 3. The zero-order valence-electron chi connectivity index (χ0n) is 13.0. The molecule has 0 saturated carbocycles. The Morgan fingerprint density at radius 1 is 1.16 bits per heavy atom. The lowest BCUT2D eigenvalue weighted by atomic mass is 9.97. The number of rotatable bonds is 3. The second-order valence-corrected chi connectivity index (χ2v) is 5.58. The summed E-state index contributed by atoms with van der Waals surface area (Å²) in [4.78, 5) is 18.7. The Balaban J connectivity index is 2.09. The van der Waals surface area contributed by atoms with Crippen LogP contribution in [0, 0.1) is 10.1 Å². The van der Waals surface area contributed by atoms with E-state index in [1.54, 1.807) is 25.3 Å². The number of para-hydroxylation sites is 1. The zero-order chi connectivity index (χ0) is 18.2. The van der Waals surface area contributed by atoms with Crippen LogP contribution in [0.5, 0.6) is 0 Å². The molecule has 0 radical (unpaired) electrons. The lowest BCUT2D eigenvalue weighted by Gasteiger charge is -2.14. The fourth-order valence-electron chi connectivity index (χ4n) is 2.50. The molecule has 5 nitrogen and oxygen atoms in total. The van der Waals surface area contributed by atoms with Crippen molar-refractivity contribution < 1.29 is 18.1 Å². The van der Waals surface area contributed by atoms with E-state index in [2.05, 4.69) is 9.97 Å². The first-order chi connectivity index (χ1) is 11.8. The predicted octanol–water partition coefficient (Wildman–Crippen LogP) is 4.71. The van der Waals surface area contributed by atoms with E-state index < -0.39 is 28.3 Å². The van der Waals surface area contributed by atoms with Crippen LogP contribution >= 0.6 is 0 Å². The van der Waals surface area contributed by atoms with Crippen molar-refractivity contribution in [2.75, 3.05) is 0 Å². The maximum Gasteiger partial charge on any atom is 0.416 e. The smallest absolute Gasteiger partial charge is 0.258 e. The Bertz CT molecular complexity index is 957. The highest BCUT2D eigenvalue weighted by molar-refractivity contribution is 5.77. The van der Waals surface area contributed by atoms with Gasteiger partial charge in [-0.1, -0.05) is 25.1 Å². The lowest BCUT2D eigenvalue weighted by Crippen LogP contribution is -2.09. The average Bonchev–Trinajstić information content (AvgIpc) is 2.59. The van der Waals surface area contributed by atoms with Gasteiger partial charge in [-0.15, -0.1) is 0 Å². The molecule has 1 atom stereocenters. The summed E-state index contributed by atoms with van der Waals surface area (Å²) in [7, 11) is 0. The SMILES string of the molecule is CC(c1cc([N+](=O)[O-])cc(C(F)(F)F)c1)c1ncc2ccccc2n1. The molecule has 0 spiro atoms. The molecule has 0 aliphatic rings. The molecule has 0 N–H and O–H groups in total. The first kappa shape index (κ1) is 16.8. The molecule has 8 heteroatoms. The van der Waals surface area contributed by atoms with E-state index in [0.29, 0.717) is 17.4 Å². The second kappa shape index (κ2) is 6.12. The molecule has 0 fully saturated rings. The number of fused-ring (bicyclic) bond motifs is 1. The summed E-state index contributed by atoms with van der Waals surface area (Å²) >= 11 is 0. The Hall–Kier alpha value is -3.03. The van der Waals surface area contributed by atoms with Gasteiger partial charge in [0.05, 0.1) is 16.0 Å². The summed E-state index contributed by atoms with van der Waals surface area (Å²) in [5.41, 5.74) is -0.889. The molecule has 0 saturated heterocycles. The van der Waals surface area contributed by atoms with Crippen molar-refractivity contribution in [1.82, 2.24) is 9.97 Å². The van der Waals surface area contributed by atoms with Gasteiger partial charge in [0.15, 0.2) is 0 Å². The summed E-state index contributed by atoms with van der Waals surface area (Å²) in [6, 6.07) is 9.75. The molecule has 0 bridgehead atoms. The van der Waals surface area contributed by atoms with Crippen LogP contribution in [0.3, 0.4) is 0 Å². The van der Waals surface area contributed by atoms with Crippen molar-refractivity contribution in [1.29, 1.82) is 0 Å². The predicted molar refractivity (Wildman–Crippen MR) is 85.2 cm³/mol. The van der Waals surface area contributed by atoms with E-state index in [4.69, 9.17) is 0 Å². The third kappa shape index (κ3) is 3.42. The Morgan fingerprint density at radius 2 is 1.88 bits per heavy atom. The number of halogens is 3. The van der Waals surface area contributed by atoms with Crippen LogP contribution in [0.15, 0.2) is 48.7 Å². The van der Waals surface area contributed by atoms with Crippen LogP contribution < -0.4 is 0 Å². The van der Waals surface area contributed by atoms with Crippen LogP contribution in [0.1, 0.15) is 29.8 Å². The van der Waals surface area contributed by atoms with Crippen molar-refractivity contribution in [3.63, 3.8) is 0 Å². The second-order valence-electron chi connectivity index (χ2n) is 5.58. The first-order valence-electron chi connectivity index (χ1n) is 7.34. The molecule has 0 aliphatic heterocycles. The number of benzene rings is 2. The standard InChI is InChI=1S/C17H12F3N3O2/c1-10(16-21-9-11-4-2-3-5-15(11)22-16)12-6-13(17(18,19)20)8-14(7-12)23(24)25/h2-10H,1H3. The summed E-state index contributed by atoms with van der Waals surface area (Å²) in [6.07, 6.45) is -3.10. The van der Waals surface area contributed by atoms with Crippen molar-refractivity contribution in [3.8, 4) is 0 Å². The van der Waals surface area contributed by atoms with Crippen molar-refractivity contribution in [2.45, 2.75) is 19.0 Å². The van der Waals surface area contributed by atoms with Gasteiger partial charge in [0.2, 0.25) is 0 Å². The van der Waals surface area contributed by atoms with Crippen LogP contribution in [-0.4, -0.2) is 14.9 Å². The highest BCUT2D eigenvalue weighted by Crippen LogP contribution is 2.35. The van der Waals surface area contributed by atoms with Crippen molar-refractivity contribution in [3.05, 3.63) is 75.7 Å². The molecule has 25 heavy (non-hydrogen) atoms. The molecule has 128 valence electrons. The Morgan fingerprint density at radius 3 is 2.56 bits per heavy atom. The topological polar surface area (TPSA) is 68.9 Å². The van der Waals surface area contributed by atoms with Crippen molar-refractivity contribution >= 4 is 16.6 Å². The monoisotopic (exact) mass is 347 g/mol. The van der Waals surface area contributed by atoms with E-state index >= 15 is 0 Å². The summed E-state index contributed by atoms with van der Waals surface area (Å²) in [5, 5.41) is 11.8. The number of hydrogen-bond donors (Lipinski definition) is 0. The van der Waals surface area contributed by atoms with Gasteiger partial charge in [0.25, 0.3) is 5.69 Å². The van der Waals surface area contributed by atoms with E-state index in [1.807, 2.05) is 12.1 Å². The number of non-ortho nitro benzene ring substituents is 1. The molecule has 0 amide bonds. The van der Waals surface area contributed by atoms with Crippen LogP contribution in [-0.2, 0) is 6.18 Å². The number of hydrogen-bond acceptors (Lipinski definition) is 4. The minimum absolute atomic E-state index is 0.136. The van der Waals surface area contributed by atoms with Crippen LogP contribution in [0.4, 0.5) is 18.9 Å². The van der Waals surface area contributed by atoms with Gasteiger partial charge in [-0.3, -0.25) is 10.1 Å². The zero-order valence-corrected chi connectivity index (χ0v) is 13.0. The molecule has 2 aromatic carbocycles. The van der Waals surface area contributed by atoms with Gasteiger partial charge in [0.1, 0.15) is 5.82 Å². The molecule has 0 aliphatic carbocycles. The first-order valence-corrected chi connectivity index (χ1v) is 7.34. The highest BCUT2D eigenvalue weighted by Gasteiger charge is 2.33. The van der Waals surface area contributed by atoms with E-state index in [-0.39, 0.29) is 5.56 Å². The minimum atomic E-state index is -4.68. The number of nitro groups is 1. The maximum absolute atomic E-state index is 13.0. The molecule has 1 aromatic heterocycles. The third-order valence-electron chi connectivity index (χ3n) is 3.87. The molecular weight excluding hydrogens is 335 g/mol. The summed E-state index contributed by atoms with van der Waals surface area (Å²) in [6.45, 7) is 1.61. The molecule has 3 rings (SSSR count). The van der Waals surface area contributed by atoms with Crippen LogP contribution in [0.25, 0.3) is 10.9 Å². The summed E-state index contributed by atoms with van der Waals surface area (Å²) < 4.78 is 39.1. The molecule has 1 unspecified atom stereocenters. The quantitative estimate of drug-likeness (QED) is 0.508. The van der Waals surface area contributed by atoms with Crippen LogP contribution in [0.2, 0.25) is 0 Å². The average molecular weight is 347 g/mol. The minimum Gasteiger partial charge on any atom is -0.258 e. The fraction of sp³-hybridized carbons (Fsp3) is 0.176. The third-order valence-corrected chi connectivity index (χ3v) is 3.87. The maximum atomic E-state index is 13.0. The van der Waals surface area contributed by atoms with Gasteiger partial charge in [-0.25, -0.2) is 9.97 Å². The molecule has 1 heterocycles. The van der Waals surface area contributed by atoms with Gasteiger partial charge >= 0.3 is 6.18 Å². The number of aromatic nitrogens is 2. The normalized spacial score (nSPS) is 13.0. The highest BCUT2D eigenvalue weighted by atomic mass is 19.4. The summed E-state index contributed by atoms with van der Waals surface area (Å²) in [5.74, 6) is -0.335.